The molecule has 3 amide bonds. The van der Waals surface area contributed by atoms with E-state index in [1.165, 1.54) is 11.3 Å². The van der Waals surface area contributed by atoms with Crippen molar-refractivity contribution in [2.24, 2.45) is 5.92 Å². The maximum Gasteiger partial charge on any atom is 0.471 e. The van der Waals surface area contributed by atoms with Gasteiger partial charge in [0.15, 0.2) is 0 Å². The van der Waals surface area contributed by atoms with Gasteiger partial charge in [-0.25, -0.2) is 0 Å². The van der Waals surface area contributed by atoms with Crippen LogP contribution in [0.1, 0.15) is 42.6 Å². The number of likely N-dealkylation sites (tertiary alicyclic amines) is 1. The van der Waals surface area contributed by atoms with Crippen LogP contribution in [0.4, 0.5) is 23.4 Å². The number of rotatable bonds is 11. The van der Waals surface area contributed by atoms with Gasteiger partial charge in [0.25, 0.3) is 0 Å². The fraction of sp³-hybridized carbons (Fsp3) is 0.542. The van der Waals surface area contributed by atoms with E-state index in [1.807, 2.05) is 6.08 Å². The Morgan fingerprint density at radius 1 is 1.05 bits per heavy atom. The smallest absolute Gasteiger partial charge is 0.323 e. The number of nitrogens with zero attached hydrogens (tertiary/aromatic N) is 5. The summed E-state index contributed by atoms with van der Waals surface area (Å²) in [5.74, 6) is -0.867. The van der Waals surface area contributed by atoms with Gasteiger partial charge >= 0.3 is 12.1 Å². The number of hydrogen-bond acceptors (Lipinski definition) is 10. The fourth-order valence-corrected chi connectivity index (χ4v) is 6.89. The van der Waals surface area contributed by atoms with Crippen LogP contribution < -0.4 is 10.6 Å². The first-order valence-corrected chi connectivity index (χ1v) is 15.5. The molecule has 2 aromatic rings. The second-order valence-corrected chi connectivity index (χ2v) is 12.7. The predicted molar refractivity (Wildman–Crippen MR) is 148 cm³/mol. The summed E-state index contributed by atoms with van der Waals surface area (Å²) in [7, 11) is 0. The summed E-state index contributed by atoms with van der Waals surface area (Å²) in [6.07, 6.45) is 4.21. The van der Waals surface area contributed by atoms with Crippen LogP contribution in [0.15, 0.2) is 23.8 Å². The molecule has 216 valence electrons. The topological polar surface area (TPSA) is 130 Å². The van der Waals surface area contributed by atoms with Crippen molar-refractivity contribution in [1.82, 2.24) is 25.3 Å². The zero-order chi connectivity index (χ0) is 28.7. The highest BCUT2D eigenvalue weighted by Crippen LogP contribution is 2.27. The molecular formula is C24H28F3N7O3S3. The van der Waals surface area contributed by atoms with Crippen molar-refractivity contribution in [2.45, 2.75) is 57.7 Å². The molecule has 2 aromatic heterocycles. The number of thioether (sulfide) groups is 1. The molecule has 0 bridgehead atoms. The van der Waals surface area contributed by atoms with Crippen molar-refractivity contribution in [1.29, 1.82) is 0 Å². The molecule has 2 atom stereocenters. The molecule has 0 spiro atoms. The number of amides is 3. The Hall–Kier alpha value is -2.85. The SMILES string of the molecule is CC1C=C(CC(=O)Nc2nnc(CCSCCc3nnc(NC(=O)C4CCCN4C(=O)C(F)(F)F)s3)s2)C=CC1. The van der Waals surface area contributed by atoms with Crippen molar-refractivity contribution in [3.8, 4) is 0 Å². The molecule has 4 rings (SSSR count). The number of carbonyl (C=O) groups is 3. The van der Waals surface area contributed by atoms with Gasteiger partial charge in [0, 0.05) is 19.4 Å². The molecule has 2 aliphatic rings. The minimum Gasteiger partial charge on any atom is -0.323 e. The van der Waals surface area contributed by atoms with Gasteiger partial charge in [0.05, 0.1) is 6.42 Å². The van der Waals surface area contributed by atoms with Crippen LogP contribution in [0.25, 0.3) is 0 Å². The molecule has 2 N–H and O–H groups in total. The molecule has 16 heteroatoms. The maximum atomic E-state index is 12.8. The van der Waals surface area contributed by atoms with E-state index in [0.29, 0.717) is 46.6 Å². The number of aromatic nitrogens is 4. The van der Waals surface area contributed by atoms with E-state index >= 15 is 0 Å². The molecule has 0 radical (unpaired) electrons. The van der Waals surface area contributed by atoms with Crippen LogP contribution in [0.3, 0.4) is 0 Å². The predicted octanol–water partition coefficient (Wildman–Crippen LogP) is 4.25. The highest BCUT2D eigenvalue weighted by molar-refractivity contribution is 7.99. The van der Waals surface area contributed by atoms with Crippen LogP contribution in [0, 0.1) is 5.92 Å². The molecule has 3 heterocycles. The normalized spacial score (nSPS) is 19.0. The number of aryl methyl sites for hydroxylation is 2. The third-order valence-corrected chi connectivity index (χ3v) is 8.88. The van der Waals surface area contributed by atoms with Gasteiger partial charge in [-0.15, -0.1) is 20.4 Å². The Morgan fingerprint density at radius 2 is 1.70 bits per heavy atom. The van der Waals surface area contributed by atoms with Gasteiger partial charge in [-0.05, 0) is 42.3 Å². The van der Waals surface area contributed by atoms with Crippen LogP contribution >= 0.6 is 34.4 Å². The minimum atomic E-state index is -5.02. The standard InChI is InChI=1S/C24H28F3N7O3S3/c1-14-4-2-5-15(12-14)13-17(35)28-22-32-30-18(39-22)7-10-38-11-8-19-31-33-23(40-19)29-20(36)16-6-3-9-34(16)21(37)24(25,26)27/h2,5,12,14,16H,3-4,6-11,13H2,1H3,(H,28,32,35)(H,29,33,36). The number of nitrogens with one attached hydrogen (secondary N) is 2. The lowest BCUT2D eigenvalue weighted by Gasteiger charge is -2.24. The van der Waals surface area contributed by atoms with E-state index in [2.05, 4.69) is 50.1 Å². The van der Waals surface area contributed by atoms with Crippen LogP contribution in [0.5, 0.6) is 0 Å². The zero-order valence-corrected chi connectivity index (χ0v) is 24.0. The maximum absolute atomic E-state index is 12.8. The summed E-state index contributed by atoms with van der Waals surface area (Å²) < 4.78 is 38.4. The molecule has 1 aliphatic carbocycles. The highest BCUT2D eigenvalue weighted by Gasteiger charge is 2.47. The van der Waals surface area contributed by atoms with Crippen molar-refractivity contribution in [3.05, 3.63) is 33.8 Å². The molecule has 40 heavy (non-hydrogen) atoms. The lowest BCUT2D eigenvalue weighted by atomic mass is 9.96. The summed E-state index contributed by atoms with van der Waals surface area (Å²) in [6.45, 7) is 2.00. The first kappa shape index (κ1) is 30.1. The van der Waals surface area contributed by atoms with Crippen molar-refractivity contribution in [2.75, 3.05) is 28.7 Å². The van der Waals surface area contributed by atoms with E-state index in [4.69, 9.17) is 0 Å². The Balaban J connectivity index is 1.14. The molecule has 2 unspecified atom stereocenters. The lowest BCUT2D eigenvalue weighted by Crippen LogP contribution is -2.48. The van der Waals surface area contributed by atoms with Crippen LogP contribution in [-0.4, -0.2) is 73.3 Å². The molecule has 1 saturated heterocycles. The van der Waals surface area contributed by atoms with E-state index < -0.39 is 24.0 Å². The van der Waals surface area contributed by atoms with Gasteiger partial charge in [-0.3, -0.25) is 19.7 Å². The highest BCUT2D eigenvalue weighted by atomic mass is 32.2. The number of hydrogen-bond donors (Lipinski definition) is 2. The largest absolute Gasteiger partial charge is 0.471 e. The van der Waals surface area contributed by atoms with Gasteiger partial charge in [-0.1, -0.05) is 47.8 Å². The monoisotopic (exact) mass is 615 g/mol. The van der Waals surface area contributed by atoms with E-state index in [1.54, 1.807) is 11.8 Å². The molecular weight excluding hydrogens is 588 g/mol. The van der Waals surface area contributed by atoms with Crippen molar-refractivity contribution < 1.29 is 27.6 Å². The summed E-state index contributed by atoms with van der Waals surface area (Å²) in [4.78, 5) is 36.9. The Labute approximate surface area is 240 Å². The third kappa shape index (κ3) is 8.57. The van der Waals surface area contributed by atoms with E-state index in [-0.39, 0.29) is 24.0 Å². The molecule has 1 aliphatic heterocycles. The van der Waals surface area contributed by atoms with Gasteiger partial charge < -0.3 is 10.2 Å². The first-order chi connectivity index (χ1) is 19.1. The first-order valence-electron chi connectivity index (χ1n) is 12.7. The molecule has 0 aromatic carbocycles. The summed E-state index contributed by atoms with van der Waals surface area (Å²) >= 11 is 4.17. The second-order valence-electron chi connectivity index (χ2n) is 9.34. The number of alkyl halides is 3. The van der Waals surface area contributed by atoms with Gasteiger partial charge in [-0.2, -0.15) is 24.9 Å². The number of allylic oxidation sites excluding steroid dienone is 3. The quantitative estimate of drug-likeness (QED) is 0.359. The molecule has 10 nitrogen and oxygen atoms in total. The number of carbonyl (C=O) groups excluding carboxylic acids is 3. The van der Waals surface area contributed by atoms with Gasteiger partial charge in [0.2, 0.25) is 22.1 Å². The lowest BCUT2D eigenvalue weighted by molar-refractivity contribution is -0.186. The molecule has 1 fully saturated rings. The third-order valence-electron chi connectivity index (χ3n) is 6.09. The average Bonchev–Trinajstić information content (AvgIpc) is 3.64. The van der Waals surface area contributed by atoms with Crippen molar-refractivity contribution >= 4 is 62.4 Å². The average molecular weight is 616 g/mol. The van der Waals surface area contributed by atoms with E-state index in [0.717, 1.165) is 39.8 Å². The fourth-order valence-electron chi connectivity index (χ4n) is 4.26. The summed E-state index contributed by atoms with van der Waals surface area (Å²) in [5.41, 5.74) is 1.00. The number of halogens is 3. The number of anilines is 2. The summed E-state index contributed by atoms with van der Waals surface area (Å²) in [6, 6.07) is -1.18. The van der Waals surface area contributed by atoms with E-state index in [9.17, 15) is 27.6 Å². The van der Waals surface area contributed by atoms with Crippen LogP contribution in [0.2, 0.25) is 0 Å². The second kappa shape index (κ2) is 13.7. The summed E-state index contributed by atoms with van der Waals surface area (Å²) in [5, 5.41) is 23.6. The van der Waals surface area contributed by atoms with Gasteiger partial charge in [0.1, 0.15) is 16.1 Å². The Kier molecular flexibility index (Phi) is 10.3. The Morgan fingerprint density at radius 3 is 2.33 bits per heavy atom. The molecule has 0 saturated carbocycles. The Bertz CT molecular complexity index is 1280. The zero-order valence-electron chi connectivity index (χ0n) is 21.6. The van der Waals surface area contributed by atoms with Crippen molar-refractivity contribution in [3.63, 3.8) is 0 Å². The minimum absolute atomic E-state index is 0.113. The van der Waals surface area contributed by atoms with Crippen LogP contribution in [-0.2, 0) is 27.2 Å².